The van der Waals surface area contributed by atoms with Crippen molar-refractivity contribution in [3.63, 3.8) is 0 Å². The van der Waals surface area contributed by atoms with Gasteiger partial charge < -0.3 is 5.32 Å². The quantitative estimate of drug-likeness (QED) is 0.661. The van der Waals surface area contributed by atoms with Crippen LogP contribution in [0.15, 0.2) is 60.8 Å². The zero-order valence-corrected chi connectivity index (χ0v) is 19.0. The van der Waals surface area contributed by atoms with Gasteiger partial charge in [-0.2, -0.15) is 0 Å². The van der Waals surface area contributed by atoms with Crippen molar-refractivity contribution in [2.45, 2.75) is 43.7 Å². The first kappa shape index (κ1) is 20.8. The predicted octanol–water partition coefficient (Wildman–Crippen LogP) is 4.60. The molecule has 1 aliphatic heterocycles. The van der Waals surface area contributed by atoms with E-state index in [0.717, 1.165) is 42.3 Å². The molecule has 3 aromatic rings. The highest BCUT2D eigenvalue weighted by Crippen LogP contribution is 2.46. The lowest BCUT2D eigenvalue weighted by molar-refractivity contribution is 0.0658. The molecule has 0 radical (unpaired) electrons. The van der Waals surface area contributed by atoms with E-state index in [-0.39, 0.29) is 23.0 Å². The number of rotatable bonds is 3. The number of urea groups is 1. The molecule has 5 rings (SSSR count). The summed E-state index contributed by atoms with van der Waals surface area (Å²) in [5.41, 5.74) is 2.71. The van der Waals surface area contributed by atoms with Crippen LogP contribution in [0.4, 0.5) is 10.5 Å². The summed E-state index contributed by atoms with van der Waals surface area (Å²) in [7, 11) is 4.31. The first-order valence-corrected chi connectivity index (χ1v) is 11.3. The van der Waals surface area contributed by atoms with Crippen molar-refractivity contribution < 1.29 is 9.59 Å². The number of carbonyl (C=O) groups is 2. The number of nitrogens with one attached hydrogen (secondary N) is 1. The molecule has 1 aromatic heterocycles. The second kappa shape index (κ2) is 7.48. The minimum absolute atomic E-state index is 0.0185. The average Bonchev–Trinajstić information content (AvgIpc) is 3.33. The third-order valence-electron chi connectivity index (χ3n) is 7.60. The number of amides is 2. The maximum absolute atomic E-state index is 13.1. The summed E-state index contributed by atoms with van der Waals surface area (Å²) in [6.07, 6.45) is 5.59. The monoisotopic (exact) mass is 430 g/mol. The molecule has 0 atom stereocenters. The predicted molar refractivity (Wildman–Crippen MR) is 127 cm³/mol. The molecular weight excluding hydrogens is 400 g/mol. The highest BCUT2D eigenvalue weighted by atomic mass is 16.2. The number of benzene rings is 2. The minimum Gasteiger partial charge on any atom is -0.330 e. The lowest BCUT2D eigenvalue weighted by atomic mass is 9.69. The van der Waals surface area contributed by atoms with Crippen LogP contribution < -0.4 is 10.2 Å². The number of hydrogen-bond acceptors (Lipinski definition) is 3. The van der Waals surface area contributed by atoms with Gasteiger partial charge in [-0.25, -0.2) is 4.79 Å². The van der Waals surface area contributed by atoms with Crippen LogP contribution in [0.1, 0.15) is 43.0 Å². The second-order valence-electron chi connectivity index (χ2n) is 9.51. The van der Waals surface area contributed by atoms with E-state index in [4.69, 9.17) is 0 Å². The zero-order valence-electron chi connectivity index (χ0n) is 19.0. The van der Waals surface area contributed by atoms with Gasteiger partial charge in [-0.05, 0) is 51.4 Å². The Labute approximate surface area is 188 Å². The third kappa shape index (κ3) is 3.13. The molecule has 2 heterocycles. The summed E-state index contributed by atoms with van der Waals surface area (Å²) >= 11 is 0. The Hall–Kier alpha value is -3.12. The lowest BCUT2D eigenvalue weighted by Crippen LogP contribution is -2.54. The van der Waals surface area contributed by atoms with Crippen LogP contribution in [0.5, 0.6) is 0 Å². The van der Waals surface area contributed by atoms with E-state index < -0.39 is 0 Å². The zero-order chi connectivity index (χ0) is 22.5. The molecule has 1 saturated heterocycles. The summed E-state index contributed by atoms with van der Waals surface area (Å²) in [4.78, 5) is 29.5. The minimum atomic E-state index is -0.245. The Morgan fingerprint density at radius 2 is 1.62 bits per heavy atom. The standard InChI is InChI=1S/C26H30N4O2/c1-19(31)29-17-23(21-11-7-8-12-22(21)29)30-18-25(27-24(30)32)13-15-26(16-14-25,28(2)3)20-9-5-4-6-10-20/h4-12,17H,13-16,18H2,1-3H3,(H,27,32)/t25-,26-. The van der Waals surface area contributed by atoms with Crippen LogP contribution in [-0.4, -0.2) is 47.6 Å². The normalized spacial score (nSPS) is 25.6. The van der Waals surface area contributed by atoms with Crippen molar-refractivity contribution >= 4 is 28.5 Å². The van der Waals surface area contributed by atoms with E-state index in [0.29, 0.717) is 6.54 Å². The molecule has 6 nitrogen and oxygen atoms in total. The van der Waals surface area contributed by atoms with Gasteiger partial charge in [0.05, 0.1) is 23.3 Å². The Balaban J connectivity index is 1.44. The highest BCUT2D eigenvalue weighted by Gasteiger charge is 2.50. The summed E-state index contributed by atoms with van der Waals surface area (Å²) < 4.78 is 1.64. The van der Waals surface area contributed by atoms with Crippen molar-refractivity contribution in [3.8, 4) is 0 Å². The van der Waals surface area contributed by atoms with Crippen molar-refractivity contribution in [1.82, 2.24) is 14.8 Å². The van der Waals surface area contributed by atoms with Crippen LogP contribution in [0.3, 0.4) is 0 Å². The summed E-state index contributed by atoms with van der Waals surface area (Å²) in [6.45, 7) is 2.17. The molecule has 2 amide bonds. The smallest absolute Gasteiger partial charge is 0.322 e. The molecule has 1 spiro atoms. The van der Waals surface area contributed by atoms with Gasteiger partial charge in [0.2, 0.25) is 5.91 Å². The highest BCUT2D eigenvalue weighted by molar-refractivity contribution is 6.07. The number of para-hydroxylation sites is 1. The molecule has 6 heteroatoms. The van der Waals surface area contributed by atoms with Gasteiger partial charge >= 0.3 is 6.03 Å². The van der Waals surface area contributed by atoms with Crippen LogP contribution in [0.25, 0.3) is 10.9 Å². The SMILES string of the molecule is CC(=O)n1cc(N2C[C@]3(CC[C@@](c4ccccc4)(N(C)C)CC3)NC2=O)c2ccccc21. The maximum Gasteiger partial charge on any atom is 0.322 e. The molecule has 0 bridgehead atoms. The van der Waals surface area contributed by atoms with E-state index in [9.17, 15) is 9.59 Å². The van der Waals surface area contributed by atoms with E-state index in [1.165, 1.54) is 5.56 Å². The molecule has 0 unspecified atom stereocenters. The number of anilines is 1. The Morgan fingerprint density at radius 1 is 0.969 bits per heavy atom. The van der Waals surface area contributed by atoms with Gasteiger partial charge in [-0.15, -0.1) is 0 Å². The molecule has 1 saturated carbocycles. The molecule has 2 fully saturated rings. The molecule has 1 N–H and O–H groups in total. The number of hydrogen-bond donors (Lipinski definition) is 1. The number of fused-ring (bicyclic) bond motifs is 1. The molecule has 2 aromatic carbocycles. The Morgan fingerprint density at radius 3 is 2.28 bits per heavy atom. The van der Waals surface area contributed by atoms with E-state index in [1.807, 2.05) is 35.4 Å². The van der Waals surface area contributed by atoms with Crippen LogP contribution in [0, 0.1) is 0 Å². The third-order valence-corrected chi connectivity index (χ3v) is 7.60. The Kier molecular flexibility index (Phi) is 4.86. The van der Waals surface area contributed by atoms with E-state index in [2.05, 4.69) is 54.6 Å². The summed E-state index contributed by atoms with van der Waals surface area (Å²) in [5.74, 6) is -0.0573. The van der Waals surface area contributed by atoms with Crippen molar-refractivity contribution in [1.29, 1.82) is 0 Å². The number of nitrogens with zero attached hydrogens (tertiary/aromatic N) is 3. The van der Waals surface area contributed by atoms with Crippen LogP contribution in [0.2, 0.25) is 0 Å². The molecule has 32 heavy (non-hydrogen) atoms. The van der Waals surface area contributed by atoms with Gasteiger partial charge in [0.15, 0.2) is 0 Å². The fourth-order valence-electron chi connectivity index (χ4n) is 5.71. The maximum atomic E-state index is 13.1. The van der Waals surface area contributed by atoms with Crippen LogP contribution in [-0.2, 0) is 5.54 Å². The van der Waals surface area contributed by atoms with E-state index >= 15 is 0 Å². The van der Waals surface area contributed by atoms with Crippen LogP contribution >= 0.6 is 0 Å². The Bertz CT molecular complexity index is 1170. The van der Waals surface area contributed by atoms with Gasteiger partial charge in [-0.1, -0.05) is 48.5 Å². The fraction of sp³-hybridized carbons (Fsp3) is 0.385. The van der Waals surface area contributed by atoms with Crippen molar-refractivity contribution in [2.75, 3.05) is 25.5 Å². The first-order chi connectivity index (χ1) is 15.4. The van der Waals surface area contributed by atoms with Crippen molar-refractivity contribution in [2.24, 2.45) is 0 Å². The van der Waals surface area contributed by atoms with Gasteiger partial charge in [-0.3, -0.25) is 19.2 Å². The van der Waals surface area contributed by atoms with Crippen molar-refractivity contribution in [3.05, 3.63) is 66.4 Å². The van der Waals surface area contributed by atoms with Gasteiger partial charge in [0, 0.05) is 24.0 Å². The second-order valence-corrected chi connectivity index (χ2v) is 9.51. The molecule has 2 aliphatic rings. The first-order valence-electron chi connectivity index (χ1n) is 11.3. The number of aromatic nitrogens is 1. The summed E-state index contributed by atoms with van der Waals surface area (Å²) in [6, 6.07) is 18.4. The molecular formula is C26H30N4O2. The molecule has 1 aliphatic carbocycles. The summed E-state index contributed by atoms with van der Waals surface area (Å²) in [5, 5.41) is 4.25. The number of carbonyl (C=O) groups excluding carboxylic acids is 2. The fourth-order valence-corrected chi connectivity index (χ4v) is 5.71. The van der Waals surface area contributed by atoms with E-state index in [1.54, 1.807) is 11.5 Å². The largest absolute Gasteiger partial charge is 0.330 e. The topological polar surface area (TPSA) is 57.6 Å². The molecule has 166 valence electrons. The lowest BCUT2D eigenvalue weighted by Gasteiger charge is -2.48. The average molecular weight is 431 g/mol. The van der Waals surface area contributed by atoms with Gasteiger partial charge in [0.1, 0.15) is 0 Å². The van der Waals surface area contributed by atoms with Gasteiger partial charge in [0.25, 0.3) is 0 Å².